The Kier molecular flexibility index (Phi) is 5.83. The van der Waals surface area contributed by atoms with Crippen molar-refractivity contribution in [2.24, 2.45) is 0 Å². The van der Waals surface area contributed by atoms with Crippen molar-refractivity contribution in [2.75, 3.05) is 14.2 Å². The van der Waals surface area contributed by atoms with Gasteiger partial charge in [-0.05, 0) is 61.7 Å². The Hall–Kier alpha value is -0.420. The zero-order chi connectivity index (χ0) is 15.6. The quantitative estimate of drug-likeness (QED) is 0.511. The molecule has 1 unspecified atom stereocenters. The standard InChI is InChI=1S/C15H12Br2Cl2O2/c1-20-12-6-4-9(15(21-2)13(12)17)14(19)8-3-5-11(18)10(16)7-8/h3-7,14H,1-2H3. The summed E-state index contributed by atoms with van der Waals surface area (Å²) < 4.78 is 12.3. The molecule has 0 N–H and O–H groups in total. The maximum atomic E-state index is 6.60. The van der Waals surface area contributed by atoms with Crippen molar-refractivity contribution >= 4 is 55.1 Å². The first-order valence-corrected chi connectivity index (χ1v) is 8.39. The second kappa shape index (κ2) is 7.23. The zero-order valence-corrected chi connectivity index (χ0v) is 16.0. The molecule has 0 spiro atoms. The fraction of sp³-hybridized carbons (Fsp3) is 0.200. The number of halogens is 4. The normalized spacial score (nSPS) is 12.1. The van der Waals surface area contributed by atoms with Crippen molar-refractivity contribution < 1.29 is 9.47 Å². The Morgan fingerprint density at radius 3 is 2.33 bits per heavy atom. The van der Waals surface area contributed by atoms with Crippen LogP contribution >= 0.6 is 55.1 Å². The van der Waals surface area contributed by atoms with E-state index in [9.17, 15) is 0 Å². The third kappa shape index (κ3) is 3.50. The fourth-order valence-corrected chi connectivity index (χ4v) is 3.47. The number of benzene rings is 2. The van der Waals surface area contributed by atoms with Gasteiger partial charge in [-0.2, -0.15) is 0 Å². The molecular formula is C15H12Br2Cl2O2. The molecule has 0 saturated heterocycles. The van der Waals surface area contributed by atoms with Gasteiger partial charge in [0.05, 0.1) is 24.6 Å². The third-order valence-electron chi connectivity index (χ3n) is 3.03. The van der Waals surface area contributed by atoms with Gasteiger partial charge in [0.2, 0.25) is 0 Å². The first kappa shape index (κ1) is 16.9. The molecule has 0 amide bonds. The van der Waals surface area contributed by atoms with Gasteiger partial charge in [0.1, 0.15) is 16.0 Å². The summed E-state index contributed by atoms with van der Waals surface area (Å²) in [7, 11) is 3.21. The minimum absolute atomic E-state index is 0.365. The smallest absolute Gasteiger partial charge is 0.141 e. The first-order valence-electron chi connectivity index (χ1n) is 5.99. The Morgan fingerprint density at radius 2 is 1.76 bits per heavy atom. The Bertz CT molecular complexity index is 662. The van der Waals surface area contributed by atoms with Crippen LogP contribution in [0.3, 0.4) is 0 Å². The third-order valence-corrected chi connectivity index (χ3v) is 5.48. The summed E-state index contributed by atoms with van der Waals surface area (Å²) >= 11 is 19.5. The van der Waals surface area contributed by atoms with Crippen LogP contribution in [-0.2, 0) is 0 Å². The summed E-state index contributed by atoms with van der Waals surface area (Å²) in [5.41, 5.74) is 1.77. The van der Waals surface area contributed by atoms with Crippen LogP contribution in [0.25, 0.3) is 0 Å². The van der Waals surface area contributed by atoms with E-state index in [4.69, 9.17) is 32.7 Å². The zero-order valence-electron chi connectivity index (χ0n) is 11.3. The van der Waals surface area contributed by atoms with Gasteiger partial charge in [0, 0.05) is 10.0 Å². The van der Waals surface area contributed by atoms with Gasteiger partial charge >= 0.3 is 0 Å². The highest BCUT2D eigenvalue weighted by Crippen LogP contribution is 2.44. The molecule has 0 aliphatic heterocycles. The molecular weight excluding hydrogens is 443 g/mol. The second-order valence-corrected chi connectivity index (χ2v) is 6.73. The van der Waals surface area contributed by atoms with E-state index in [0.29, 0.717) is 16.5 Å². The van der Waals surface area contributed by atoms with E-state index in [0.717, 1.165) is 20.1 Å². The Morgan fingerprint density at radius 1 is 1.05 bits per heavy atom. The van der Waals surface area contributed by atoms with E-state index in [2.05, 4.69) is 31.9 Å². The lowest BCUT2D eigenvalue weighted by Gasteiger charge is -2.17. The number of methoxy groups -OCH3 is 2. The summed E-state index contributed by atoms with van der Waals surface area (Å²) in [4.78, 5) is 0. The largest absolute Gasteiger partial charge is 0.495 e. The van der Waals surface area contributed by atoms with Crippen LogP contribution in [0.2, 0.25) is 5.02 Å². The van der Waals surface area contributed by atoms with Gasteiger partial charge < -0.3 is 9.47 Å². The molecule has 0 aromatic heterocycles. The lowest BCUT2D eigenvalue weighted by Crippen LogP contribution is -2.00. The summed E-state index contributed by atoms with van der Waals surface area (Å²) in [6.07, 6.45) is 0. The summed E-state index contributed by atoms with van der Waals surface area (Å²) in [5, 5.41) is 0.279. The average Bonchev–Trinajstić information content (AvgIpc) is 2.49. The average molecular weight is 455 g/mol. The summed E-state index contributed by atoms with van der Waals surface area (Å²) in [5.74, 6) is 1.34. The van der Waals surface area contributed by atoms with Crippen LogP contribution in [0.1, 0.15) is 16.5 Å². The molecule has 0 radical (unpaired) electrons. The van der Waals surface area contributed by atoms with Crippen molar-refractivity contribution in [1.29, 1.82) is 0 Å². The highest BCUT2D eigenvalue weighted by molar-refractivity contribution is 9.11. The number of alkyl halides is 1. The highest BCUT2D eigenvalue weighted by Gasteiger charge is 2.20. The number of ether oxygens (including phenoxy) is 2. The highest BCUT2D eigenvalue weighted by atomic mass is 79.9. The molecule has 2 aromatic carbocycles. The summed E-state index contributed by atoms with van der Waals surface area (Å²) in [6, 6.07) is 9.34. The Balaban J connectivity index is 2.50. The maximum absolute atomic E-state index is 6.60. The van der Waals surface area contributed by atoms with Gasteiger partial charge in [-0.15, -0.1) is 11.6 Å². The van der Waals surface area contributed by atoms with E-state index in [1.54, 1.807) is 20.3 Å². The van der Waals surface area contributed by atoms with Gasteiger partial charge in [0.15, 0.2) is 0 Å². The van der Waals surface area contributed by atoms with E-state index in [1.807, 2.05) is 24.3 Å². The minimum atomic E-state index is -0.365. The first-order chi connectivity index (χ1) is 9.99. The maximum Gasteiger partial charge on any atom is 0.141 e. The van der Waals surface area contributed by atoms with E-state index in [-0.39, 0.29) is 5.38 Å². The second-order valence-electron chi connectivity index (χ2n) is 4.24. The molecule has 0 fully saturated rings. The van der Waals surface area contributed by atoms with E-state index >= 15 is 0 Å². The van der Waals surface area contributed by atoms with Crippen LogP contribution in [0, 0.1) is 0 Å². The molecule has 0 saturated carbocycles. The van der Waals surface area contributed by atoms with Crippen LogP contribution < -0.4 is 9.47 Å². The molecule has 0 aliphatic rings. The minimum Gasteiger partial charge on any atom is -0.495 e. The van der Waals surface area contributed by atoms with Gasteiger partial charge in [-0.1, -0.05) is 17.7 Å². The van der Waals surface area contributed by atoms with E-state index < -0.39 is 0 Å². The molecule has 2 rings (SSSR count). The van der Waals surface area contributed by atoms with Crippen molar-refractivity contribution in [3.8, 4) is 11.5 Å². The van der Waals surface area contributed by atoms with E-state index in [1.165, 1.54) is 0 Å². The number of rotatable bonds is 4. The number of hydrogen-bond donors (Lipinski definition) is 0. The lowest BCUT2D eigenvalue weighted by atomic mass is 10.0. The van der Waals surface area contributed by atoms with Crippen LogP contribution in [-0.4, -0.2) is 14.2 Å². The molecule has 0 aliphatic carbocycles. The predicted octanol–water partition coefficient (Wildman–Crippen LogP) is 6.21. The van der Waals surface area contributed by atoms with Crippen LogP contribution in [0.5, 0.6) is 11.5 Å². The van der Waals surface area contributed by atoms with Gasteiger partial charge in [-0.3, -0.25) is 0 Å². The predicted molar refractivity (Wildman–Crippen MR) is 94.1 cm³/mol. The van der Waals surface area contributed by atoms with Crippen molar-refractivity contribution in [1.82, 2.24) is 0 Å². The van der Waals surface area contributed by atoms with Crippen molar-refractivity contribution in [3.05, 3.63) is 55.4 Å². The summed E-state index contributed by atoms with van der Waals surface area (Å²) in [6.45, 7) is 0. The van der Waals surface area contributed by atoms with Crippen LogP contribution in [0.4, 0.5) is 0 Å². The van der Waals surface area contributed by atoms with Crippen molar-refractivity contribution in [2.45, 2.75) is 5.38 Å². The SMILES string of the molecule is COc1ccc(C(Cl)c2ccc(Cl)c(Br)c2)c(OC)c1Br. The fourth-order valence-electron chi connectivity index (χ4n) is 1.97. The molecule has 6 heteroatoms. The molecule has 2 aromatic rings. The molecule has 21 heavy (non-hydrogen) atoms. The number of hydrogen-bond acceptors (Lipinski definition) is 2. The topological polar surface area (TPSA) is 18.5 Å². The molecule has 2 nitrogen and oxygen atoms in total. The van der Waals surface area contributed by atoms with Crippen LogP contribution in [0.15, 0.2) is 39.3 Å². The lowest BCUT2D eigenvalue weighted by molar-refractivity contribution is 0.386. The molecule has 112 valence electrons. The Labute approximate surface area is 150 Å². The molecule has 0 bridgehead atoms. The molecule has 1 atom stereocenters. The van der Waals surface area contributed by atoms with Gasteiger partial charge in [0.25, 0.3) is 0 Å². The molecule has 0 heterocycles. The van der Waals surface area contributed by atoms with Gasteiger partial charge in [-0.25, -0.2) is 0 Å². The monoisotopic (exact) mass is 452 g/mol. The van der Waals surface area contributed by atoms with Crippen molar-refractivity contribution in [3.63, 3.8) is 0 Å².